The molecule has 7 nitrogen and oxygen atoms in total. The van der Waals surface area contributed by atoms with E-state index in [9.17, 15) is 0 Å². The Bertz CT molecular complexity index is 1110. The zero-order valence-corrected chi connectivity index (χ0v) is 20.5. The molecular weight excluding hydrogens is 519 g/mol. The highest BCUT2D eigenvalue weighted by molar-refractivity contribution is 14.0. The predicted molar refractivity (Wildman–Crippen MR) is 134 cm³/mol. The van der Waals surface area contributed by atoms with E-state index in [1.54, 1.807) is 13.3 Å². The molecule has 0 radical (unpaired) electrons. The van der Waals surface area contributed by atoms with Crippen molar-refractivity contribution in [1.82, 2.24) is 15.6 Å². The van der Waals surface area contributed by atoms with Crippen molar-refractivity contribution in [2.45, 2.75) is 31.7 Å². The quantitative estimate of drug-likeness (QED) is 0.271. The van der Waals surface area contributed by atoms with Gasteiger partial charge in [0.2, 0.25) is 12.7 Å². The Kier molecular flexibility index (Phi) is 6.59. The molecule has 0 saturated heterocycles. The fourth-order valence-corrected chi connectivity index (χ4v) is 3.81. The third-order valence-electron chi connectivity index (χ3n) is 5.94. The van der Waals surface area contributed by atoms with E-state index >= 15 is 0 Å². The van der Waals surface area contributed by atoms with Gasteiger partial charge >= 0.3 is 0 Å². The summed E-state index contributed by atoms with van der Waals surface area (Å²) in [7, 11) is 1.77. The average Bonchev–Trinajstić information content (AvgIpc) is 3.20. The van der Waals surface area contributed by atoms with E-state index in [0.717, 1.165) is 48.1 Å². The monoisotopic (exact) mass is 546 g/mol. The second kappa shape index (κ2) is 9.40. The Morgan fingerprint density at radius 1 is 1.06 bits per heavy atom. The summed E-state index contributed by atoms with van der Waals surface area (Å²) >= 11 is 0. The number of benzene rings is 2. The van der Waals surface area contributed by atoms with Crippen molar-refractivity contribution in [3.05, 3.63) is 65.5 Å². The molecule has 2 aromatic carbocycles. The van der Waals surface area contributed by atoms with Crippen LogP contribution >= 0.6 is 24.0 Å². The highest BCUT2D eigenvalue weighted by atomic mass is 127. The summed E-state index contributed by atoms with van der Waals surface area (Å²) in [5.74, 6) is 3.02. The molecule has 2 heterocycles. The van der Waals surface area contributed by atoms with E-state index in [2.05, 4.69) is 51.8 Å². The second-order valence-corrected chi connectivity index (χ2v) is 8.14. The molecule has 1 aliphatic heterocycles. The molecule has 1 aliphatic carbocycles. The molecule has 0 spiro atoms. The minimum atomic E-state index is 0. The summed E-state index contributed by atoms with van der Waals surface area (Å²) in [4.78, 5) is 8.93. The zero-order valence-electron chi connectivity index (χ0n) is 18.2. The van der Waals surface area contributed by atoms with E-state index in [1.165, 1.54) is 11.1 Å². The van der Waals surface area contributed by atoms with E-state index in [1.807, 2.05) is 18.2 Å². The molecule has 0 unspecified atom stereocenters. The Morgan fingerprint density at radius 2 is 1.84 bits per heavy atom. The number of ether oxygens (including phenoxy) is 2. The first kappa shape index (κ1) is 22.4. The lowest BCUT2D eigenvalue weighted by molar-refractivity contribution is 0.174. The molecule has 3 aromatic rings. The zero-order chi connectivity index (χ0) is 21.3. The SMILES string of the molecule is CN=C(NCc1coc(-c2ccc(C)cc2)n1)NCC1(c2ccc3c(c2)OCO3)CC1.I. The van der Waals surface area contributed by atoms with Crippen LogP contribution in [0.2, 0.25) is 0 Å². The Hall–Kier alpha value is -2.75. The highest BCUT2D eigenvalue weighted by Gasteiger charge is 2.44. The van der Waals surface area contributed by atoms with Gasteiger partial charge in [-0.2, -0.15) is 0 Å². The Balaban J connectivity index is 0.00000245. The van der Waals surface area contributed by atoms with Gasteiger partial charge in [-0.1, -0.05) is 23.8 Å². The molecule has 8 heteroatoms. The number of fused-ring (bicyclic) bond motifs is 1. The van der Waals surface area contributed by atoms with Gasteiger partial charge in [0.05, 0.1) is 12.2 Å². The van der Waals surface area contributed by atoms with Gasteiger partial charge in [-0.15, -0.1) is 24.0 Å². The second-order valence-electron chi connectivity index (χ2n) is 8.14. The third-order valence-corrected chi connectivity index (χ3v) is 5.94. The van der Waals surface area contributed by atoms with E-state index in [-0.39, 0.29) is 29.4 Å². The number of hydrogen-bond acceptors (Lipinski definition) is 5. The van der Waals surface area contributed by atoms with Gasteiger partial charge in [-0.25, -0.2) is 4.98 Å². The van der Waals surface area contributed by atoms with Gasteiger partial charge in [-0.05, 0) is 49.6 Å². The molecule has 1 aromatic heterocycles. The number of nitrogens with zero attached hydrogens (tertiary/aromatic N) is 2. The van der Waals surface area contributed by atoms with Gasteiger partial charge in [0.15, 0.2) is 17.5 Å². The van der Waals surface area contributed by atoms with Gasteiger partial charge in [0.1, 0.15) is 6.26 Å². The van der Waals surface area contributed by atoms with Crippen molar-refractivity contribution in [2.75, 3.05) is 20.4 Å². The summed E-state index contributed by atoms with van der Waals surface area (Å²) in [5.41, 5.74) is 4.40. The van der Waals surface area contributed by atoms with Crippen LogP contribution in [0.5, 0.6) is 11.5 Å². The van der Waals surface area contributed by atoms with Crippen LogP contribution in [0.3, 0.4) is 0 Å². The first-order valence-corrected chi connectivity index (χ1v) is 10.5. The summed E-state index contributed by atoms with van der Waals surface area (Å²) in [6.45, 7) is 3.70. The Morgan fingerprint density at radius 3 is 2.59 bits per heavy atom. The summed E-state index contributed by atoms with van der Waals surface area (Å²) in [5, 5.41) is 6.79. The highest BCUT2D eigenvalue weighted by Crippen LogP contribution is 2.49. The number of oxazole rings is 1. The maximum atomic E-state index is 5.64. The fraction of sp³-hybridized carbons (Fsp3) is 0.333. The maximum Gasteiger partial charge on any atom is 0.231 e. The molecule has 0 amide bonds. The number of halogens is 1. The topological polar surface area (TPSA) is 80.9 Å². The van der Waals surface area contributed by atoms with Crippen LogP contribution in [0.1, 0.15) is 29.7 Å². The molecule has 1 fully saturated rings. The van der Waals surface area contributed by atoms with Crippen molar-refractivity contribution < 1.29 is 13.9 Å². The van der Waals surface area contributed by atoms with Crippen LogP contribution in [0, 0.1) is 6.92 Å². The van der Waals surface area contributed by atoms with Gasteiger partial charge in [0, 0.05) is 24.6 Å². The number of aromatic nitrogens is 1. The van der Waals surface area contributed by atoms with Crippen molar-refractivity contribution in [3.8, 4) is 23.0 Å². The molecular formula is C24H27IN4O3. The number of hydrogen-bond donors (Lipinski definition) is 2. The number of aliphatic imine (C=N–C) groups is 1. The number of guanidine groups is 1. The van der Waals surface area contributed by atoms with Crippen molar-refractivity contribution in [3.63, 3.8) is 0 Å². The lowest BCUT2D eigenvalue weighted by atomic mass is 9.95. The molecule has 32 heavy (non-hydrogen) atoms. The summed E-state index contributed by atoms with van der Waals surface area (Å²) in [6, 6.07) is 14.4. The molecule has 2 N–H and O–H groups in total. The fourth-order valence-electron chi connectivity index (χ4n) is 3.81. The van der Waals surface area contributed by atoms with E-state index < -0.39 is 0 Å². The molecule has 1 saturated carbocycles. The van der Waals surface area contributed by atoms with Crippen LogP contribution in [0.15, 0.2) is 58.1 Å². The maximum absolute atomic E-state index is 5.64. The molecule has 5 rings (SSSR count). The van der Waals surface area contributed by atoms with E-state index in [4.69, 9.17) is 13.9 Å². The van der Waals surface area contributed by atoms with Crippen LogP contribution in [0.25, 0.3) is 11.5 Å². The van der Waals surface area contributed by atoms with Gasteiger partial charge in [0.25, 0.3) is 0 Å². The Labute approximate surface area is 204 Å². The average molecular weight is 546 g/mol. The minimum Gasteiger partial charge on any atom is -0.454 e. The first-order chi connectivity index (χ1) is 15.1. The number of aryl methyl sites for hydroxylation is 1. The number of nitrogens with one attached hydrogen (secondary N) is 2. The number of rotatable bonds is 6. The van der Waals surface area contributed by atoms with Crippen molar-refractivity contribution in [1.29, 1.82) is 0 Å². The van der Waals surface area contributed by atoms with Crippen molar-refractivity contribution >= 4 is 29.9 Å². The molecule has 0 bridgehead atoms. The molecule has 0 atom stereocenters. The summed E-state index contributed by atoms with van der Waals surface area (Å²) < 4.78 is 16.6. The third kappa shape index (κ3) is 4.69. The lowest BCUT2D eigenvalue weighted by Gasteiger charge is -2.19. The predicted octanol–water partition coefficient (Wildman–Crippen LogP) is 4.39. The minimum absolute atomic E-state index is 0. The van der Waals surface area contributed by atoms with Crippen molar-refractivity contribution in [2.24, 2.45) is 4.99 Å². The molecule has 168 valence electrons. The standard InChI is InChI=1S/C24H26N4O3.HI/c1-16-3-5-17(6-4-16)22-28-19(13-29-22)12-26-23(25-2)27-14-24(9-10-24)18-7-8-20-21(11-18)31-15-30-20;/h3-8,11,13H,9-10,12,14-15H2,1-2H3,(H2,25,26,27);1H. The van der Waals surface area contributed by atoms with Crippen LogP contribution in [-0.2, 0) is 12.0 Å². The van der Waals surface area contributed by atoms with Crippen LogP contribution in [-0.4, -0.2) is 31.3 Å². The lowest BCUT2D eigenvalue weighted by Crippen LogP contribution is -2.40. The largest absolute Gasteiger partial charge is 0.454 e. The van der Waals surface area contributed by atoms with E-state index in [0.29, 0.717) is 19.2 Å². The summed E-state index contributed by atoms with van der Waals surface area (Å²) in [6.07, 6.45) is 3.96. The normalized spacial score (nSPS) is 15.8. The van der Waals surface area contributed by atoms with Crippen LogP contribution in [0.4, 0.5) is 0 Å². The van der Waals surface area contributed by atoms with Gasteiger partial charge < -0.3 is 24.5 Å². The first-order valence-electron chi connectivity index (χ1n) is 10.5. The van der Waals surface area contributed by atoms with Crippen LogP contribution < -0.4 is 20.1 Å². The smallest absolute Gasteiger partial charge is 0.231 e. The van der Waals surface area contributed by atoms with Gasteiger partial charge in [-0.3, -0.25) is 4.99 Å². The molecule has 2 aliphatic rings.